The Morgan fingerprint density at radius 2 is 2.29 bits per heavy atom. The number of rotatable bonds is 3. The molecule has 2 heterocycles. The highest BCUT2D eigenvalue weighted by Crippen LogP contribution is 2.11. The SMILES string of the molecule is Cc1nc(C(=O)N(C)Cc2ccccn2)cs1. The van der Waals surface area contributed by atoms with Crippen LogP contribution >= 0.6 is 11.3 Å². The van der Waals surface area contributed by atoms with Gasteiger partial charge in [0.15, 0.2) is 0 Å². The molecule has 0 aromatic carbocycles. The molecule has 0 radical (unpaired) electrons. The van der Waals surface area contributed by atoms with Gasteiger partial charge in [0.05, 0.1) is 17.2 Å². The summed E-state index contributed by atoms with van der Waals surface area (Å²) in [5, 5.41) is 2.69. The van der Waals surface area contributed by atoms with E-state index >= 15 is 0 Å². The Balaban J connectivity index is 2.06. The van der Waals surface area contributed by atoms with E-state index in [1.807, 2.05) is 25.1 Å². The van der Waals surface area contributed by atoms with E-state index in [0.717, 1.165) is 10.7 Å². The number of thiazole rings is 1. The molecular formula is C12H13N3OS. The Bertz CT molecular complexity index is 509. The van der Waals surface area contributed by atoms with Crippen molar-refractivity contribution in [2.75, 3.05) is 7.05 Å². The third kappa shape index (κ3) is 2.88. The maximum atomic E-state index is 12.0. The van der Waals surface area contributed by atoms with Crippen LogP contribution in [-0.4, -0.2) is 27.8 Å². The molecule has 0 spiro atoms. The number of hydrogen-bond donors (Lipinski definition) is 0. The number of carbonyl (C=O) groups excluding carboxylic acids is 1. The van der Waals surface area contributed by atoms with Crippen molar-refractivity contribution in [2.24, 2.45) is 0 Å². The van der Waals surface area contributed by atoms with Crippen LogP contribution in [0.15, 0.2) is 29.8 Å². The number of nitrogens with zero attached hydrogens (tertiary/aromatic N) is 3. The normalized spacial score (nSPS) is 10.2. The van der Waals surface area contributed by atoms with E-state index in [1.165, 1.54) is 11.3 Å². The summed E-state index contributed by atoms with van der Waals surface area (Å²) in [6.07, 6.45) is 1.72. The number of amides is 1. The van der Waals surface area contributed by atoms with Gasteiger partial charge >= 0.3 is 0 Å². The predicted molar refractivity (Wildman–Crippen MR) is 66.9 cm³/mol. The van der Waals surface area contributed by atoms with Crippen LogP contribution < -0.4 is 0 Å². The van der Waals surface area contributed by atoms with Gasteiger partial charge in [0.25, 0.3) is 5.91 Å². The maximum Gasteiger partial charge on any atom is 0.273 e. The standard InChI is InChI=1S/C12H13N3OS/c1-9-14-11(8-17-9)12(16)15(2)7-10-5-3-4-6-13-10/h3-6,8H,7H2,1-2H3. The predicted octanol–water partition coefficient (Wildman–Crippen LogP) is 2.12. The van der Waals surface area contributed by atoms with E-state index in [1.54, 1.807) is 23.5 Å². The highest BCUT2D eigenvalue weighted by Gasteiger charge is 2.14. The first-order valence-corrected chi connectivity index (χ1v) is 6.12. The molecule has 2 rings (SSSR count). The van der Waals surface area contributed by atoms with E-state index in [-0.39, 0.29) is 5.91 Å². The van der Waals surface area contributed by atoms with Crippen LogP contribution in [0, 0.1) is 6.92 Å². The minimum absolute atomic E-state index is 0.0694. The summed E-state index contributed by atoms with van der Waals surface area (Å²) >= 11 is 1.48. The van der Waals surface area contributed by atoms with Crippen molar-refractivity contribution in [3.05, 3.63) is 46.2 Å². The zero-order chi connectivity index (χ0) is 12.3. The topological polar surface area (TPSA) is 46.1 Å². The Morgan fingerprint density at radius 1 is 1.47 bits per heavy atom. The van der Waals surface area contributed by atoms with Gasteiger partial charge in [-0.3, -0.25) is 9.78 Å². The lowest BCUT2D eigenvalue weighted by Gasteiger charge is -2.15. The molecule has 17 heavy (non-hydrogen) atoms. The van der Waals surface area contributed by atoms with Crippen LogP contribution in [0.4, 0.5) is 0 Å². The van der Waals surface area contributed by atoms with Crippen molar-refractivity contribution in [3.8, 4) is 0 Å². The Kier molecular flexibility index (Phi) is 3.49. The van der Waals surface area contributed by atoms with Crippen LogP contribution in [0.1, 0.15) is 21.2 Å². The molecule has 2 aromatic heterocycles. The van der Waals surface area contributed by atoms with Crippen LogP contribution in [0.3, 0.4) is 0 Å². The minimum atomic E-state index is -0.0694. The van der Waals surface area contributed by atoms with Crippen LogP contribution in [-0.2, 0) is 6.54 Å². The third-order valence-electron chi connectivity index (χ3n) is 2.31. The molecule has 0 aliphatic carbocycles. The first kappa shape index (κ1) is 11.7. The zero-order valence-electron chi connectivity index (χ0n) is 9.75. The Hall–Kier alpha value is -1.75. The van der Waals surface area contributed by atoms with Gasteiger partial charge in [-0.1, -0.05) is 6.07 Å². The molecule has 0 saturated heterocycles. The van der Waals surface area contributed by atoms with Gasteiger partial charge in [-0.25, -0.2) is 4.98 Å². The highest BCUT2D eigenvalue weighted by atomic mass is 32.1. The molecule has 0 aliphatic rings. The van der Waals surface area contributed by atoms with Crippen LogP contribution in [0.5, 0.6) is 0 Å². The fourth-order valence-corrected chi connectivity index (χ4v) is 2.05. The average molecular weight is 247 g/mol. The number of pyridine rings is 1. The van der Waals surface area contributed by atoms with Gasteiger partial charge in [0, 0.05) is 18.6 Å². The van der Waals surface area contributed by atoms with Gasteiger partial charge in [0.1, 0.15) is 5.69 Å². The second-order valence-corrected chi connectivity index (χ2v) is 4.80. The maximum absolute atomic E-state index is 12.0. The number of hydrogen-bond acceptors (Lipinski definition) is 4. The first-order chi connectivity index (χ1) is 8.16. The fraction of sp³-hybridized carbons (Fsp3) is 0.250. The quantitative estimate of drug-likeness (QED) is 0.834. The van der Waals surface area contributed by atoms with E-state index in [0.29, 0.717) is 12.2 Å². The molecular weight excluding hydrogens is 234 g/mol. The lowest BCUT2D eigenvalue weighted by molar-refractivity contribution is 0.0778. The molecule has 0 fully saturated rings. The van der Waals surface area contributed by atoms with E-state index in [2.05, 4.69) is 9.97 Å². The molecule has 2 aromatic rings. The summed E-state index contributed by atoms with van der Waals surface area (Å²) in [5.74, 6) is -0.0694. The van der Waals surface area contributed by atoms with Crippen molar-refractivity contribution in [1.82, 2.24) is 14.9 Å². The van der Waals surface area contributed by atoms with Gasteiger partial charge < -0.3 is 4.90 Å². The van der Waals surface area contributed by atoms with E-state index in [9.17, 15) is 4.79 Å². The van der Waals surface area contributed by atoms with E-state index < -0.39 is 0 Å². The molecule has 0 saturated carbocycles. The minimum Gasteiger partial charge on any atom is -0.334 e. The van der Waals surface area contributed by atoms with Crippen molar-refractivity contribution < 1.29 is 4.79 Å². The largest absolute Gasteiger partial charge is 0.334 e. The second kappa shape index (κ2) is 5.05. The lowest BCUT2D eigenvalue weighted by atomic mass is 10.3. The van der Waals surface area contributed by atoms with Crippen LogP contribution in [0.25, 0.3) is 0 Å². The smallest absolute Gasteiger partial charge is 0.273 e. The number of aryl methyl sites for hydroxylation is 1. The van der Waals surface area contributed by atoms with E-state index in [4.69, 9.17) is 0 Å². The zero-order valence-corrected chi connectivity index (χ0v) is 10.6. The first-order valence-electron chi connectivity index (χ1n) is 5.24. The van der Waals surface area contributed by atoms with Gasteiger partial charge in [-0.05, 0) is 19.1 Å². The monoisotopic (exact) mass is 247 g/mol. The summed E-state index contributed by atoms with van der Waals surface area (Å²) < 4.78 is 0. The van der Waals surface area contributed by atoms with Gasteiger partial charge in [0.2, 0.25) is 0 Å². The van der Waals surface area contributed by atoms with Crippen molar-refractivity contribution >= 4 is 17.2 Å². The Labute approximate surface area is 104 Å². The number of carbonyl (C=O) groups is 1. The lowest BCUT2D eigenvalue weighted by Crippen LogP contribution is -2.26. The molecule has 5 heteroatoms. The molecule has 0 aliphatic heterocycles. The Morgan fingerprint density at radius 3 is 2.88 bits per heavy atom. The van der Waals surface area contributed by atoms with Crippen molar-refractivity contribution in [3.63, 3.8) is 0 Å². The summed E-state index contributed by atoms with van der Waals surface area (Å²) in [5.41, 5.74) is 1.38. The van der Waals surface area contributed by atoms with Gasteiger partial charge in [-0.2, -0.15) is 0 Å². The summed E-state index contributed by atoms with van der Waals surface area (Å²) in [6, 6.07) is 5.67. The third-order valence-corrected chi connectivity index (χ3v) is 3.08. The molecule has 88 valence electrons. The summed E-state index contributed by atoms with van der Waals surface area (Å²) in [7, 11) is 1.76. The van der Waals surface area contributed by atoms with Crippen molar-refractivity contribution in [2.45, 2.75) is 13.5 Å². The molecule has 4 nitrogen and oxygen atoms in total. The highest BCUT2D eigenvalue weighted by molar-refractivity contribution is 7.09. The fourth-order valence-electron chi connectivity index (χ4n) is 1.46. The summed E-state index contributed by atoms with van der Waals surface area (Å²) in [4.78, 5) is 22.0. The molecule has 0 atom stereocenters. The molecule has 0 unspecified atom stereocenters. The molecule has 0 bridgehead atoms. The van der Waals surface area contributed by atoms with Crippen molar-refractivity contribution in [1.29, 1.82) is 0 Å². The van der Waals surface area contributed by atoms with Gasteiger partial charge in [-0.15, -0.1) is 11.3 Å². The average Bonchev–Trinajstić information content (AvgIpc) is 2.76. The second-order valence-electron chi connectivity index (χ2n) is 3.73. The summed E-state index contributed by atoms with van der Waals surface area (Å²) in [6.45, 7) is 2.39. The number of aromatic nitrogens is 2. The molecule has 0 N–H and O–H groups in total. The molecule has 1 amide bonds. The van der Waals surface area contributed by atoms with Crippen LogP contribution in [0.2, 0.25) is 0 Å².